The van der Waals surface area contributed by atoms with Crippen LogP contribution in [-0.2, 0) is 22.0 Å². The van der Waals surface area contributed by atoms with Crippen LogP contribution in [0.2, 0.25) is 0 Å². The third-order valence-corrected chi connectivity index (χ3v) is 3.30. The number of imidazole rings is 1. The fourth-order valence-corrected chi connectivity index (χ4v) is 2.05. The molecule has 0 atom stereocenters. The number of hydrogen-bond acceptors (Lipinski definition) is 3. The van der Waals surface area contributed by atoms with E-state index in [0.717, 1.165) is 6.42 Å². The second-order valence-electron chi connectivity index (χ2n) is 3.20. The Morgan fingerprint density at radius 3 is 2.75 bits per heavy atom. The molecule has 90 valence electrons. The third kappa shape index (κ3) is 3.50. The highest BCUT2D eigenvalue weighted by Crippen LogP contribution is 2.15. The number of nitrogens with zero attached hydrogens (tertiary/aromatic N) is 2. The van der Waals surface area contributed by atoms with Gasteiger partial charge in [-0.1, -0.05) is 24.6 Å². The maximum atomic E-state index is 11.1. The minimum absolute atomic E-state index is 0.111. The lowest BCUT2D eigenvalue weighted by Gasteiger charge is -2.01. The molecule has 1 heterocycles. The highest BCUT2D eigenvalue weighted by Gasteiger charge is 2.16. The molecular weight excluding hydrogens is 271 g/mol. The van der Waals surface area contributed by atoms with Crippen LogP contribution in [0.5, 0.6) is 0 Å². The van der Waals surface area contributed by atoms with Crippen molar-refractivity contribution < 1.29 is 8.42 Å². The first-order valence-corrected chi connectivity index (χ1v) is 7.49. The SMILES string of the molecule is CCCc1nc(S(=O)(=O)Cl)cn1C/C=C/Cl. The van der Waals surface area contributed by atoms with Gasteiger partial charge in [0.25, 0.3) is 9.05 Å². The zero-order valence-electron chi connectivity index (χ0n) is 8.73. The Bertz CT molecular complexity index is 480. The van der Waals surface area contributed by atoms with E-state index in [-0.39, 0.29) is 5.03 Å². The van der Waals surface area contributed by atoms with Gasteiger partial charge in [0, 0.05) is 35.4 Å². The lowest BCUT2D eigenvalue weighted by Crippen LogP contribution is -2.00. The van der Waals surface area contributed by atoms with E-state index < -0.39 is 9.05 Å². The van der Waals surface area contributed by atoms with E-state index in [0.29, 0.717) is 18.8 Å². The smallest absolute Gasteiger partial charge is 0.280 e. The van der Waals surface area contributed by atoms with Gasteiger partial charge in [-0.25, -0.2) is 13.4 Å². The molecule has 0 saturated carbocycles. The van der Waals surface area contributed by atoms with Crippen molar-refractivity contribution in [3.8, 4) is 0 Å². The summed E-state index contributed by atoms with van der Waals surface area (Å²) in [6.45, 7) is 2.48. The molecule has 0 aliphatic carbocycles. The summed E-state index contributed by atoms with van der Waals surface area (Å²) in [6.07, 6.45) is 4.70. The molecule has 1 aromatic heterocycles. The molecular formula is C9H12Cl2N2O2S. The number of hydrogen-bond donors (Lipinski definition) is 0. The number of aryl methyl sites for hydroxylation is 1. The van der Waals surface area contributed by atoms with Crippen LogP contribution in [-0.4, -0.2) is 18.0 Å². The van der Waals surface area contributed by atoms with Crippen molar-refractivity contribution >= 4 is 31.3 Å². The summed E-state index contributed by atoms with van der Waals surface area (Å²) in [5.41, 5.74) is 1.38. The molecule has 0 spiro atoms. The number of allylic oxidation sites excluding steroid dienone is 1. The molecule has 16 heavy (non-hydrogen) atoms. The molecule has 0 fully saturated rings. The van der Waals surface area contributed by atoms with E-state index >= 15 is 0 Å². The monoisotopic (exact) mass is 282 g/mol. The maximum Gasteiger partial charge on any atom is 0.280 e. The van der Waals surface area contributed by atoms with Gasteiger partial charge in [-0.2, -0.15) is 0 Å². The normalized spacial score (nSPS) is 12.4. The Hall–Kier alpha value is -0.520. The summed E-state index contributed by atoms with van der Waals surface area (Å²) in [5, 5.41) is -0.111. The average Bonchev–Trinajstić information content (AvgIpc) is 2.58. The van der Waals surface area contributed by atoms with Gasteiger partial charge >= 0.3 is 0 Å². The Kier molecular flexibility index (Phi) is 4.83. The molecule has 0 aliphatic rings. The van der Waals surface area contributed by atoms with Crippen molar-refractivity contribution in [3.05, 3.63) is 23.6 Å². The zero-order chi connectivity index (χ0) is 12.2. The van der Waals surface area contributed by atoms with Gasteiger partial charge in [0.05, 0.1) is 0 Å². The Morgan fingerprint density at radius 1 is 1.56 bits per heavy atom. The summed E-state index contributed by atoms with van der Waals surface area (Å²) in [6, 6.07) is 0. The fraction of sp³-hybridized carbons (Fsp3) is 0.444. The lowest BCUT2D eigenvalue weighted by atomic mass is 10.3. The molecule has 7 heteroatoms. The van der Waals surface area contributed by atoms with E-state index in [1.54, 1.807) is 10.6 Å². The van der Waals surface area contributed by atoms with Crippen LogP contribution >= 0.6 is 22.3 Å². The van der Waals surface area contributed by atoms with Gasteiger partial charge in [-0.3, -0.25) is 0 Å². The molecule has 0 saturated heterocycles. The average molecular weight is 283 g/mol. The first kappa shape index (κ1) is 13.5. The largest absolute Gasteiger partial charge is 0.330 e. The van der Waals surface area contributed by atoms with Crippen LogP contribution in [0.4, 0.5) is 0 Å². The number of aromatic nitrogens is 2. The van der Waals surface area contributed by atoms with Crippen LogP contribution in [0.15, 0.2) is 22.8 Å². The summed E-state index contributed by atoms with van der Waals surface area (Å²) in [7, 11) is 1.47. The predicted molar refractivity (Wildman–Crippen MR) is 64.3 cm³/mol. The summed E-state index contributed by atoms with van der Waals surface area (Å²) in [4.78, 5) is 3.99. The molecule has 0 aliphatic heterocycles. The predicted octanol–water partition coefficient (Wildman–Crippen LogP) is 2.52. The first-order chi connectivity index (χ1) is 7.49. The Labute approximate surface area is 104 Å². The molecule has 0 aromatic carbocycles. The highest BCUT2D eigenvalue weighted by molar-refractivity contribution is 8.13. The quantitative estimate of drug-likeness (QED) is 0.780. The molecule has 0 radical (unpaired) electrons. The van der Waals surface area contributed by atoms with Gasteiger partial charge in [-0.15, -0.1) is 0 Å². The highest BCUT2D eigenvalue weighted by atomic mass is 35.7. The fourth-order valence-electron chi connectivity index (χ4n) is 1.28. The standard InChI is InChI=1S/C9H12Cl2N2O2S/c1-2-4-8-12-9(16(11,14)15)7-13(8)6-3-5-10/h3,5,7H,2,4,6H2,1H3/b5-3+. The molecule has 0 amide bonds. The van der Waals surface area contributed by atoms with Gasteiger partial charge in [0.2, 0.25) is 0 Å². The van der Waals surface area contributed by atoms with E-state index in [9.17, 15) is 8.42 Å². The molecule has 1 rings (SSSR count). The van der Waals surface area contributed by atoms with E-state index in [1.807, 2.05) is 6.92 Å². The topological polar surface area (TPSA) is 52.0 Å². The van der Waals surface area contributed by atoms with Crippen molar-refractivity contribution in [3.63, 3.8) is 0 Å². The van der Waals surface area contributed by atoms with Crippen LogP contribution in [0, 0.1) is 0 Å². The zero-order valence-corrected chi connectivity index (χ0v) is 11.1. The second-order valence-corrected chi connectivity index (χ2v) is 5.96. The van der Waals surface area contributed by atoms with Gasteiger partial charge in [0.15, 0.2) is 5.03 Å². The Balaban J connectivity index is 3.09. The van der Waals surface area contributed by atoms with E-state index in [1.165, 1.54) is 11.7 Å². The lowest BCUT2D eigenvalue weighted by molar-refractivity contribution is 0.606. The molecule has 0 N–H and O–H groups in total. The second kappa shape index (κ2) is 5.70. The van der Waals surface area contributed by atoms with Crippen LogP contribution in [0.3, 0.4) is 0 Å². The molecule has 1 aromatic rings. The molecule has 0 bridgehead atoms. The van der Waals surface area contributed by atoms with Gasteiger partial charge < -0.3 is 4.57 Å². The van der Waals surface area contributed by atoms with Crippen molar-refractivity contribution in [2.24, 2.45) is 0 Å². The maximum absolute atomic E-state index is 11.1. The van der Waals surface area contributed by atoms with E-state index in [2.05, 4.69) is 4.98 Å². The first-order valence-electron chi connectivity index (χ1n) is 4.75. The molecule has 0 unspecified atom stereocenters. The molecule has 4 nitrogen and oxygen atoms in total. The Morgan fingerprint density at radius 2 is 2.25 bits per heavy atom. The summed E-state index contributed by atoms with van der Waals surface area (Å²) in [5.74, 6) is 0.691. The minimum atomic E-state index is -3.76. The van der Waals surface area contributed by atoms with Crippen molar-refractivity contribution in [1.29, 1.82) is 0 Å². The van der Waals surface area contributed by atoms with Crippen molar-refractivity contribution in [2.75, 3.05) is 0 Å². The summed E-state index contributed by atoms with van der Waals surface area (Å²) < 4.78 is 24.0. The van der Waals surface area contributed by atoms with Crippen molar-refractivity contribution in [2.45, 2.75) is 31.3 Å². The van der Waals surface area contributed by atoms with E-state index in [4.69, 9.17) is 22.3 Å². The van der Waals surface area contributed by atoms with Crippen LogP contribution in [0.1, 0.15) is 19.2 Å². The van der Waals surface area contributed by atoms with Gasteiger partial charge in [-0.05, 0) is 6.42 Å². The third-order valence-electron chi connectivity index (χ3n) is 1.95. The van der Waals surface area contributed by atoms with Crippen LogP contribution in [0.25, 0.3) is 0 Å². The van der Waals surface area contributed by atoms with Crippen LogP contribution < -0.4 is 0 Å². The van der Waals surface area contributed by atoms with Crippen molar-refractivity contribution in [1.82, 2.24) is 9.55 Å². The summed E-state index contributed by atoms with van der Waals surface area (Å²) >= 11 is 5.42. The van der Waals surface area contributed by atoms with Gasteiger partial charge in [0.1, 0.15) is 5.82 Å². The number of halogens is 2. The number of rotatable bonds is 5. The minimum Gasteiger partial charge on any atom is -0.330 e.